The first kappa shape index (κ1) is 30.7. The molecular weight excluding hydrogens is 770 g/mol. The van der Waals surface area contributed by atoms with Gasteiger partial charge in [-0.3, -0.25) is 0 Å². The van der Waals surface area contributed by atoms with E-state index in [1.807, 2.05) is 17.8 Å². The smallest absolute Gasteiger partial charge is 0.504 e. The first-order valence-corrected chi connectivity index (χ1v) is 16.2. The van der Waals surface area contributed by atoms with Crippen LogP contribution in [0.3, 0.4) is 0 Å². The number of imidazole rings is 1. The Morgan fingerprint density at radius 2 is 1.54 bits per heavy atom. The molecule has 2 aromatic heterocycles. The molecule has 2 aliphatic rings. The minimum absolute atomic E-state index is 0. The molecule has 0 saturated heterocycles. The molecule has 0 spiro atoms. The molecule has 1 unspecified atom stereocenters. The fourth-order valence-electron chi connectivity index (χ4n) is 7.65. The Balaban J connectivity index is 0.00000336. The molecule has 2 aliphatic heterocycles. The standard InChI is InChI=1S/C42H36N5.Pt/c1-41(2,3)28-22-29(24-31(23-28)45-21-20-43(5)26-45)42(4)34-14-11-13-33-32-12-7-8-15-36(32)47(40(33)34)37-19-18-30(25-35(37)42)46-27-44(6)38-16-9-10-17-39(38)46;/h7-23,27H,1-6H3;/q-3;+4. The van der Waals surface area contributed by atoms with E-state index in [0.29, 0.717) is 0 Å². The van der Waals surface area contributed by atoms with Crippen molar-refractivity contribution in [1.29, 1.82) is 0 Å². The zero-order valence-electron chi connectivity index (χ0n) is 27.9. The van der Waals surface area contributed by atoms with Crippen molar-refractivity contribution in [2.75, 3.05) is 16.8 Å². The number of hydrogen-bond acceptors (Lipinski definition) is 2. The molecule has 7 aromatic rings. The van der Waals surface area contributed by atoms with Crippen LogP contribution in [0.2, 0.25) is 0 Å². The molecular formula is C42H36N5Pt+. The van der Waals surface area contributed by atoms with Gasteiger partial charge in [0.2, 0.25) is 6.33 Å². The summed E-state index contributed by atoms with van der Waals surface area (Å²) < 4.78 is 6.46. The molecule has 48 heavy (non-hydrogen) atoms. The average molecular weight is 806 g/mol. The Labute approximate surface area is 296 Å². The van der Waals surface area contributed by atoms with Crippen LogP contribution in [0, 0.1) is 25.1 Å². The second-order valence-corrected chi connectivity index (χ2v) is 14.2. The molecule has 0 aliphatic carbocycles. The largest absolute Gasteiger partial charge is 4.00 e. The molecule has 6 heteroatoms. The first-order chi connectivity index (χ1) is 22.6. The SMILES string of the molecule is CN1[CH-]N(c2[c-]c3c(cc2)-n2c4ccccc4c4cccc(c42)C3(C)c2[c-]c(-n3[c-][n+](C)cc3)cc(C(C)(C)C)c2)c2ccccc21.[Pt+4]. The topological polar surface area (TPSA) is 20.2 Å². The summed E-state index contributed by atoms with van der Waals surface area (Å²) in [7, 11) is 4.11. The quantitative estimate of drug-likeness (QED) is 0.132. The van der Waals surface area contributed by atoms with Crippen LogP contribution in [0.25, 0.3) is 33.2 Å². The third-order valence-corrected chi connectivity index (χ3v) is 10.2. The van der Waals surface area contributed by atoms with E-state index >= 15 is 0 Å². The number of benzene rings is 5. The zero-order valence-corrected chi connectivity index (χ0v) is 30.2. The number of anilines is 3. The second-order valence-electron chi connectivity index (χ2n) is 14.2. The van der Waals surface area contributed by atoms with E-state index in [4.69, 9.17) is 0 Å². The molecule has 0 fully saturated rings. The van der Waals surface area contributed by atoms with Crippen molar-refractivity contribution in [3.63, 3.8) is 0 Å². The molecule has 238 valence electrons. The summed E-state index contributed by atoms with van der Waals surface area (Å²) in [6.45, 7) is 11.4. The van der Waals surface area contributed by atoms with Gasteiger partial charge in [0.1, 0.15) is 0 Å². The Morgan fingerprint density at radius 3 is 2.31 bits per heavy atom. The van der Waals surface area contributed by atoms with Crippen LogP contribution in [-0.2, 0) is 38.9 Å². The van der Waals surface area contributed by atoms with Gasteiger partial charge in [0.15, 0.2) is 0 Å². The van der Waals surface area contributed by atoms with Crippen LogP contribution in [0.1, 0.15) is 49.9 Å². The number of aryl methyl sites for hydroxylation is 1. The normalized spacial score (nSPS) is 16.7. The maximum Gasteiger partial charge on any atom is 4.00 e. The minimum atomic E-state index is -0.564. The van der Waals surface area contributed by atoms with Crippen molar-refractivity contribution < 1.29 is 25.6 Å². The van der Waals surface area contributed by atoms with Crippen molar-refractivity contribution in [1.82, 2.24) is 9.13 Å². The molecule has 0 radical (unpaired) electrons. The van der Waals surface area contributed by atoms with Gasteiger partial charge in [0.05, 0.1) is 7.05 Å². The zero-order chi connectivity index (χ0) is 32.2. The molecule has 0 N–H and O–H groups in total. The predicted molar refractivity (Wildman–Crippen MR) is 190 cm³/mol. The van der Waals surface area contributed by atoms with Crippen LogP contribution < -0.4 is 14.4 Å². The van der Waals surface area contributed by atoms with Crippen molar-refractivity contribution in [2.45, 2.75) is 38.5 Å². The maximum absolute atomic E-state index is 4.03. The monoisotopic (exact) mass is 805 g/mol. The molecule has 4 heterocycles. The number of aromatic nitrogens is 3. The van der Waals surface area contributed by atoms with E-state index in [2.05, 4.69) is 176 Å². The van der Waals surface area contributed by atoms with Gasteiger partial charge in [-0.25, -0.2) is 0 Å². The molecule has 0 amide bonds. The number of para-hydroxylation sites is 4. The van der Waals surface area contributed by atoms with Crippen LogP contribution in [0.5, 0.6) is 0 Å². The Bertz CT molecular complexity index is 2390. The van der Waals surface area contributed by atoms with Gasteiger partial charge >= 0.3 is 21.1 Å². The van der Waals surface area contributed by atoms with Crippen molar-refractivity contribution in [2.24, 2.45) is 7.05 Å². The van der Waals surface area contributed by atoms with E-state index in [1.165, 1.54) is 38.6 Å². The molecule has 1 atom stereocenters. The fraction of sp³-hybridized carbons (Fsp3) is 0.190. The summed E-state index contributed by atoms with van der Waals surface area (Å²) in [5, 5.41) is 2.52. The minimum Gasteiger partial charge on any atom is -0.504 e. The molecule has 0 bridgehead atoms. The summed E-state index contributed by atoms with van der Waals surface area (Å²) in [4.78, 5) is 4.44. The van der Waals surface area contributed by atoms with Crippen LogP contribution in [-0.4, -0.2) is 16.2 Å². The van der Waals surface area contributed by atoms with Crippen LogP contribution >= 0.6 is 0 Å². The van der Waals surface area contributed by atoms with Gasteiger partial charge in [-0.1, -0.05) is 87.6 Å². The van der Waals surface area contributed by atoms with Crippen molar-refractivity contribution in [3.8, 4) is 11.4 Å². The molecule has 5 aromatic carbocycles. The third-order valence-electron chi connectivity index (χ3n) is 10.2. The number of fused-ring (bicyclic) bond motifs is 6. The fourth-order valence-corrected chi connectivity index (χ4v) is 7.65. The van der Waals surface area contributed by atoms with Gasteiger partial charge in [-0.2, -0.15) is 42.1 Å². The van der Waals surface area contributed by atoms with Crippen LogP contribution in [0.4, 0.5) is 17.1 Å². The molecule has 5 nitrogen and oxygen atoms in total. The van der Waals surface area contributed by atoms with Crippen LogP contribution in [0.15, 0.2) is 103 Å². The Hall–Kier alpha value is -4.60. The first-order valence-electron chi connectivity index (χ1n) is 16.2. The second kappa shape index (κ2) is 10.7. The summed E-state index contributed by atoms with van der Waals surface area (Å²) in [6, 6.07) is 41.2. The summed E-state index contributed by atoms with van der Waals surface area (Å²) in [5.41, 5.74) is 12.0. The molecule has 0 saturated carbocycles. The maximum atomic E-state index is 4.03. The summed E-state index contributed by atoms with van der Waals surface area (Å²) in [6.07, 6.45) is 7.50. The molecule has 9 rings (SSSR count). The number of nitrogens with zero attached hydrogens (tertiary/aromatic N) is 5. The van der Waals surface area contributed by atoms with Gasteiger partial charge < -0.3 is 23.5 Å². The van der Waals surface area contributed by atoms with Gasteiger partial charge in [-0.05, 0) is 36.2 Å². The summed E-state index contributed by atoms with van der Waals surface area (Å²) in [5.74, 6) is 0. The number of hydrogen-bond donors (Lipinski definition) is 0. The van der Waals surface area contributed by atoms with E-state index < -0.39 is 5.41 Å². The van der Waals surface area contributed by atoms with Gasteiger partial charge in [0.25, 0.3) is 0 Å². The number of rotatable bonds is 3. The summed E-state index contributed by atoms with van der Waals surface area (Å²) >= 11 is 0. The average Bonchev–Trinajstić information content (AvgIpc) is 3.77. The van der Waals surface area contributed by atoms with Gasteiger partial charge in [0, 0.05) is 51.0 Å². The predicted octanol–water partition coefficient (Wildman–Crippen LogP) is 8.47. The van der Waals surface area contributed by atoms with E-state index in [0.717, 1.165) is 33.9 Å². The third kappa shape index (κ3) is 4.30. The van der Waals surface area contributed by atoms with Gasteiger partial charge in [-0.15, -0.1) is 23.4 Å². The van der Waals surface area contributed by atoms with Crippen molar-refractivity contribution >= 4 is 38.9 Å². The Morgan fingerprint density at radius 1 is 0.792 bits per heavy atom. The van der Waals surface area contributed by atoms with E-state index in [1.54, 1.807) is 0 Å². The Kier molecular flexibility index (Phi) is 6.85. The van der Waals surface area contributed by atoms with E-state index in [-0.39, 0.29) is 26.5 Å². The van der Waals surface area contributed by atoms with Crippen molar-refractivity contribution in [3.05, 3.63) is 151 Å². The van der Waals surface area contributed by atoms with E-state index in [9.17, 15) is 0 Å².